The van der Waals surface area contributed by atoms with Crippen molar-refractivity contribution < 1.29 is 14.3 Å². The van der Waals surface area contributed by atoms with E-state index in [2.05, 4.69) is 21.2 Å². The molecule has 0 fully saturated rings. The quantitative estimate of drug-likeness (QED) is 0.441. The van der Waals surface area contributed by atoms with Gasteiger partial charge in [0.2, 0.25) is 0 Å². The molecule has 1 amide bonds. The molecule has 28 heavy (non-hydrogen) atoms. The number of carbonyl (C=O) groups excluding carboxylic acids is 2. The smallest absolute Gasteiger partial charge is 0.262 e. The van der Waals surface area contributed by atoms with Gasteiger partial charge in [-0.15, -0.1) is 0 Å². The SMILES string of the molecule is O=C(COc1ccc(Br)cc1Cl)Nc1ccc(Cl)cc1C(=O)c1ccccc1. The van der Waals surface area contributed by atoms with E-state index >= 15 is 0 Å². The van der Waals surface area contributed by atoms with E-state index in [9.17, 15) is 9.59 Å². The molecule has 3 aromatic rings. The van der Waals surface area contributed by atoms with Crippen molar-refractivity contribution in [3.05, 3.63) is 92.4 Å². The number of ether oxygens (including phenoxy) is 1. The molecule has 0 saturated carbocycles. The molecule has 0 aliphatic carbocycles. The number of amides is 1. The lowest BCUT2D eigenvalue weighted by Gasteiger charge is -2.12. The molecular weight excluding hydrogens is 465 g/mol. The molecule has 0 unspecified atom stereocenters. The number of hydrogen-bond donors (Lipinski definition) is 1. The highest BCUT2D eigenvalue weighted by Crippen LogP contribution is 2.28. The van der Waals surface area contributed by atoms with Crippen LogP contribution in [0.4, 0.5) is 5.69 Å². The molecule has 3 rings (SSSR count). The van der Waals surface area contributed by atoms with Gasteiger partial charge in [-0.3, -0.25) is 9.59 Å². The summed E-state index contributed by atoms with van der Waals surface area (Å²) >= 11 is 15.4. The minimum absolute atomic E-state index is 0.240. The maximum absolute atomic E-state index is 12.8. The molecule has 0 aliphatic heterocycles. The Hall–Kier alpha value is -2.34. The van der Waals surface area contributed by atoms with Gasteiger partial charge in [0.25, 0.3) is 5.91 Å². The molecule has 0 bridgehead atoms. The lowest BCUT2D eigenvalue weighted by atomic mass is 10.0. The Bertz CT molecular complexity index is 1030. The molecule has 7 heteroatoms. The fourth-order valence-electron chi connectivity index (χ4n) is 2.48. The molecule has 0 saturated heterocycles. The van der Waals surface area contributed by atoms with Crippen LogP contribution in [0.1, 0.15) is 15.9 Å². The first-order valence-electron chi connectivity index (χ1n) is 8.21. The summed E-state index contributed by atoms with van der Waals surface area (Å²) in [6.45, 7) is -0.261. The van der Waals surface area contributed by atoms with Crippen LogP contribution in [-0.4, -0.2) is 18.3 Å². The second-order valence-corrected chi connectivity index (χ2v) is 7.56. The van der Waals surface area contributed by atoms with Gasteiger partial charge < -0.3 is 10.1 Å². The van der Waals surface area contributed by atoms with E-state index in [1.165, 1.54) is 6.07 Å². The average Bonchev–Trinajstić information content (AvgIpc) is 2.69. The minimum atomic E-state index is -0.427. The Balaban J connectivity index is 1.75. The van der Waals surface area contributed by atoms with Crippen LogP contribution in [0.5, 0.6) is 5.75 Å². The van der Waals surface area contributed by atoms with Gasteiger partial charge in [-0.1, -0.05) is 69.5 Å². The van der Waals surface area contributed by atoms with E-state index < -0.39 is 5.91 Å². The number of carbonyl (C=O) groups is 2. The van der Waals surface area contributed by atoms with Gasteiger partial charge in [0.05, 0.1) is 10.7 Å². The van der Waals surface area contributed by atoms with Gasteiger partial charge in [-0.05, 0) is 36.4 Å². The zero-order valence-electron chi connectivity index (χ0n) is 14.4. The van der Waals surface area contributed by atoms with Gasteiger partial charge in [0.15, 0.2) is 12.4 Å². The molecule has 4 nitrogen and oxygen atoms in total. The van der Waals surface area contributed by atoms with Crippen LogP contribution in [0.25, 0.3) is 0 Å². The summed E-state index contributed by atoms with van der Waals surface area (Å²) in [6.07, 6.45) is 0. The van der Waals surface area contributed by atoms with Crippen LogP contribution < -0.4 is 10.1 Å². The monoisotopic (exact) mass is 477 g/mol. The van der Waals surface area contributed by atoms with E-state index in [4.69, 9.17) is 27.9 Å². The van der Waals surface area contributed by atoms with Gasteiger partial charge in [0.1, 0.15) is 5.75 Å². The highest BCUT2D eigenvalue weighted by Gasteiger charge is 2.16. The molecule has 0 aliphatic rings. The Morgan fingerprint density at radius 1 is 0.964 bits per heavy atom. The number of hydrogen-bond acceptors (Lipinski definition) is 3. The number of benzene rings is 3. The van der Waals surface area contributed by atoms with Crippen molar-refractivity contribution in [1.82, 2.24) is 0 Å². The standard InChI is InChI=1S/C21H14BrCl2NO3/c22-14-6-9-19(17(24)10-14)28-12-20(26)25-18-8-7-15(23)11-16(18)21(27)13-4-2-1-3-5-13/h1-11H,12H2,(H,25,26). The second-order valence-electron chi connectivity index (χ2n) is 5.80. The zero-order chi connectivity index (χ0) is 20.1. The molecule has 1 N–H and O–H groups in total. The third kappa shape index (κ3) is 5.13. The van der Waals surface area contributed by atoms with Crippen molar-refractivity contribution in [2.75, 3.05) is 11.9 Å². The summed E-state index contributed by atoms with van der Waals surface area (Å²) in [6, 6.07) is 18.6. The number of halogens is 3. The molecule has 3 aromatic carbocycles. The number of nitrogens with one attached hydrogen (secondary N) is 1. The topological polar surface area (TPSA) is 55.4 Å². The van der Waals surface area contributed by atoms with Crippen molar-refractivity contribution >= 4 is 56.5 Å². The molecule has 142 valence electrons. The van der Waals surface area contributed by atoms with Crippen molar-refractivity contribution in [2.45, 2.75) is 0 Å². The number of rotatable bonds is 6. The molecule has 0 aromatic heterocycles. The van der Waals surface area contributed by atoms with Crippen LogP contribution in [-0.2, 0) is 4.79 Å². The minimum Gasteiger partial charge on any atom is -0.482 e. The third-order valence-electron chi connectivity index (χ3n) is 3.79. The summed E-state index contributed by atoms with van der Waals surface area (Å²) in [4.78, 5) is 25.1. The number of anilines is 1. The van der Waals surface area contributed by atoms with Crippen molar-refractivity contribution in [2.24, 2.45) is 0 Å². The summed E-state index contributed by atoms with van der Waals surface area (Å²) in [7, 11) is 0. The van der Waals surface area contributed by atoms with Gasteiger partial charge >= 0.3 is 0 Å². The van der Waals surface area contributed by atoms with Crippen molar-refractivity contribution in [3.8, 4) is 5.75 Å². The fourth-order valence-corrected chi connectivity index (χ4v) is 3.38. The predicted molar refractivity (Wildman–Crippen MR) is 115 cm³/mol. The molecule has 0 radical (unpaired) electrons. The van der Waals surface area contributed by atoms with Gasteiger partial charge in [-0.2, -0.15) is 0 Å². The largest absolute Gasteiger partial charge is 0.482 e. The summed E-state index contributed by atoms with van der Waals surface area (Å²) < 4.78 is 6.26. The van der Waals surface area contributed by atoms with E-state index in [1.807, 2.05) is 6.07 Å². The first-order chi connectivity index (χ1) is 13.4. The Morgan fingerprint density at radius 3 is 2.43 bits per heavy atom. The van der Waals surface area contributed by atoms with Crippen LogP contribution in [0.3, 0.4) is 0 Å². The lowest BCUT2D eigenvalue weighted by molar-refractivity contribution is -0.118. The van der Waals surface area contributed by atoms with E-state index in [1.54, 1.807) is 54.6 Å². The van der Waals surface area contributed by atoms with Crippen LogP contribution >= 0.6 is 39.1 Å². The van der Waals surface area contributed by atoms with E-state index in [0.29, 0.717) is 32.6 Å². The van der Waals surface area contributed by atoms with Crippen molar-refractivity contribution in [1.29, 1.82) is 0 Å². The Kier molecular flexibility index (Phi) is 6.73. The third-order valence-corrected chi connectivity index (χ3v) is 4.81. The predicted octanol–water partition coefficient (Wildman–Crippen LogP) is 6.00. The zero-order valence-corrected chi connectivity index (χ0v) is 17.5. The maximum Gasteiger partial charge on any atom is 0.262 e. The summed E-state index contributed by atoms with van der Waals surface area (Å²) in [5, 5.41) is 3.48. The molecule has 0 spiro atoms. The van der Waals surface area contributed by atoms with Crippen LogP contribution in [0.15, 0.2) is 71.2 Å². The first kappa shape index (κ1) is 20.4. The van der Waals surface area contributed by atoms with E-state index in [0.717, 1.165) is 4.47 Å². The molecular formula is C21H14BrCl2NO3. The lowest BCUT2D eigenvalue weighted by Crippen LogP contribution is -2.21. The highest BCUT2D eigenvalue weighted by molar-refractivity contribution is 9.10. The molecule has 0 atom stereocenters. The Labute approximate surface area is 180 Å². The average molecular weight is 479 g/mol. The Morgan fingerprint density at radius 2 is 1.71 bits per heavy atom. The number of ketones is 1. The van der Waals surface area contributed by atoms with E-state index in [-0.39, 0.29) is 12.4 Å². The first-order valence-corrected chi connectivity index (χ1v) is 9.76. The van der Waals surface area contributed by atoms with Crippen molar-refractivity contribution in [3.63, 3.8) is 0 Å². The molecule has 0 heterocycles. The van der Waals surface area contributed by atoms with Crippen LogP contribution in [0, 0.1) is 0 Å². The van der Waals surface area contributed by atoms with Gasteiger partial charge in [-0.25, -0.2) is 0 Å². The highest BCUT2D eigenvalue weighted by atomic mass is 79.9. The summed E-state index contributed by atoms with van der Waals surface area (Å²) in [5.74, 6) is -0.282. The summed E-state index contributed by atoms with van der Waals surface area (Å²) in [5.41, 5.74) is 1.15. The normalized spacial score (nSPS) is 10.4. The maximum atomic E-state index is 12.8. The van der Waals surface area contributed by atoms with Crippen LogP contribution in [0.2, 0.25) is 10.0 Å². The fraction of sp³-hybridized carbons (Fsp3) is 0.0476. The second kappa shape index (κ2) is 9.24. The van der Waals surface area contributed by atoms with Gasteiger partial charge in [0, 0.05) is 20.6 Å².